The number of rotatable bonds is 2. The van der Waals surface area contributed by atoms with Crippen molar-refractivity contribution >= 4 is 33.4 Å². The van der Waals surface area contributed by atoms with E-state index < -0.39 is 0 Å². The third-order valence-electron chi connectivity index (χ3n) is 4.84. The molecular formula is C18H21N5OS. The monoisotopic (exact) mass is 355 g/mol. The maximum absolute atomic E-state index is 12.8. The maximum Gasteiger partial charge on any atom is 0.259 e. The van der Waals surface area contributed by atoms with E-state index in [0.717, 1.165) is 35.3 Å². The standard InChI is InChI=1S/C18H21N5OS/c1-9-5-6-14-15(7-9)25-18(20-14)21-17(24)13-8-12-11(3)22-23(4)16(12)19-10(13)2/h8-9H,5-7H2,1-4H3,(H,20,21,24). The Morgan fingerprint density at radius 3 is 2.92 bits per heavy atom. The summed E-state index contributed by atoms with van der Waals surface area (Å²) < 4.78 is 1.75. The van der Waals surface area contributed by atoms with Gasteiger partial charge in [0.25, 0.3) is 5.91 Å². The Bertz CT molecular complexity index is 987. The predicted octanol–water partition coefficient (Wildman–Crippen LogP) is 3.42. The number of aryl methyl sites for hydroxylation is 4. The fraction of sp³-hybridized carbons (Fsp3) is 0.444. The molecule has 4 rings (SSSR count). The van der Waals surface area contributed by atoms with E-state index in [9.17, 15) is 4.79 Å². The molecule has 1 amide bonds. The zero-order valence-corrected chi connectivity index (χ0v) is 15.7. The van der Waals surface area contributed by atoms with E-state index in [0.29, 0.717) is 22.3 Å². The number of carbonyl (C=O) groups excluding carboxylic acids is 1. The second-order valence-corrected chi connectivity index (χ2v) is 7.98. The van der Waals surface area contributed by atoms with Crippen LogP contribution in [0.4, 0.5) is 5.13 Å². The van der Waals surface area contributed by atoms with Gasteiger partial charge in [0.1, 0.15) is 0 Å². The summed E-state index contributed by atoms with van der Waals surface area (Å²) in [5.41, 5.74) is 4.09. The first-order valence-electron chi connectivity index (χ1n) is 8.53. The third-order valence-corrected chi connectivity index (χ3v) is 5.88. The zero-order chi connectivity index (χ0) is 17.7. The first-order chi connectivity index (χ1) is 11.9. The van der Waals surface area contributed by atoms with E-state index in [2.05, 4.69) is 27.3 Å². The predicted molar refractivity (Wildman–Crippen MR) is 99.2 cm³/mol. The Hall–Kier alpha value is -2.28. The summed E-state index contributed by atoms with van der Waals surface area (Å²) in [6.07, 6.45) is 3.23. The quantitative estimate of drug-likeness (QED) is 0.764. The number of fused-ring (bicyclic) bond motifs is 2. The number of nitrogens with one attached hydrogen (secondary N) is 1. The molecule has 1 aliphatic rings. The molecule has 7 heteroatoms. The van der Waals surface area contributed by atoms with Crippen LogP contribution in [0.3, 0.4) is 0 Å². The van der Waals surface area contributed by atoms with Crippen molar-refractivity contribution < 1.29 is 4.79 Å². The van der Waals surface area contributed by atoms with Crippen LogP contribution in [-0.2, 0) is 19.9 Å². The molecular weight excluding hydrogens is 334 g/mol. The molecule has 6 nitrogen and oxygen atoms in total. The summed E-state index contributed by atoms with van der Waals surface area (Å²) >= 11 is 1.60. The first-order valence-corrected chi connectivity index (χ1v) is 9.35. The summed E-state index contributed by atoms with van der Waals surface area (Å²) in [6.45, 7) is 6.05. The number of hydrogen-bond donors (Lipinski definition) is 1. The molecule has 0 saturated heterocycles. The average Bonchev–Trinajstić information content (AvgIpc) is 3.06. The van der Waals surface area contributed by atoms with Crippen molar-refractivity contribution in [3.05, 3.63) is 33.6 Å². The maximum atomic E-state index is 12.8. The van der Waals surface area contributed by atoms with Gasteiger partial charge in [0, 0.05) is 17.3 Å². The highest BCUT2D eigenvalue weighted by Crippen LogP contribution is 2.32. The molecule has 0 aromatic carbocycles. The number of amides is 1. The second-order valence-electron chi connectivity index (χ2n) is 6.89. The lowest BCUT2D eigenvalue weighted by Gasteiger charge is -2.15. The van der Waals surface area contributed by atoms with Gasteiger partial charge in [0.05, 0.1) is 22.6 Å². The Labute approximate surface area is 150 Å². The number of thiazole rings is 1. The molecule has 1 aliphatic carbocycles. The van der Waals surface area contributed by atoms with Crippen LogP contribution >= 0.6 is 11.3 Å². The van der Waals surface area contributed by atoms with Crippen LogP contribution in [0.1, 0.15) is 45.7 Å². The van der Waals surface area contributed by atoms with Crippen LogP contribution in [0.25, 0.3) is 11.0 Å². The van der Waals surface area contributed by atoms with Crippen molar-refractivity contribution in [2.75, 3.05) is 5.32 Å². The van der Waals surface area contributed by atoms with E-state index >= 15 is 0 Å². The van der Waals surface area contributed by atoms with Gasteiger partial charge in [-0.3, -0.25) is 14.8 Å². The minimum atomic E-state index is -0.158. The van der Waals surface area contributed by atoms with Crippen LogP contribution in [0.15, 0.2) is 6.07 Å². The minimum Gasteiger partial charge on any atom is -0.298 e. The van der Waals surface area contributed by atoms with Crippen molar-refractivity contribution in [3.63, 3.8) is 0 Å². The van der Waals surface area contributed by atoms with Gasteiger partial charge in [-0.05, 0) is 45.1 Å². The summed E-state index contributed by atoms with van der Waals surface area (Å²) in [5, 5.41) is 8.94. The van der Waals surface area contributed by atoms with Crippen LogP contribution in [0, 0.1) is 19.8 Å². The SMILES string of the molecule is Cc1nc2c(cc1C(=O)Nc1nc3c(s1)CC(C)CC3)c(C)nn2C. The van der Waals surface area contributed by atoms with Crippen LogP contribution in [0.2, 0.25) is 0 Å². The number of pyridine rings is 1. The number of carbonyl (C=O) groups is 1. The molecule has 0 radical (unpaired) electrons. The lowest BCUT2D eigenvalue weighted by molar-refractivity contribution is 0.102. The van der Waals surface area contributed by atoms with E-state index in [-0.39, 0.29) is 5.91 Å². The van der Waals surface area contributed by atoms with Gasteiger partial charge < -0.3 is 0 Å². The second kappa shape index (κ2) is 5.91. The van der Waals surface area contributed by atoms with Gasteiger partial charge in [0.15, 0.2) is 10.8 Å². The average molecular weight is 355 g/mol. The smallest absolute Gasteiger partial charge is 0.259 e. The number of anilines is 1. The Kier molecular flexibility index (Phi) is 3.83. The largest absolute Gasteiger partial charge is 0.298 e. The topological polar surface area (TPSA) is 72.7 Å². The van der Waals surface area contributed by atoms with Crippen molar-refractivity contribution in [3.8, 4) is 0 Å². The molecule has 130 valence electrons. The van der Waals surface area contributed by atoms with Crippen LogP contribution < -0.4 is 5.32 Å². The van der Waals surface area contributed by atoms with E-state index in [1.165, 1.54) is 11.3 Å². The summed E-state index contributed by atoms with van der Waals surface area (Å²) in [6, 6.07) is 1.88. The molecule has 0 spiro atoms. The number of hydrogen-bond acceptors (Lipinski definition) is 5. The van der Waals surface area contributed by atoms with Crippen LogP contribution in [-0.4, -0.2) is 25.7 Å². The molecule has 3 heterocycles. The molecule has 1 N–H and O–H groups in total. The van der Waals surface area contributed by atoms with Gasteiger partial charge in [-0.1, -0.05) is 6.92 Å². The van der Waals surface area contributed by atoms with Crippen molar-refractivity contribution in [2.45, 2.75) is 40.0 Å². The van der Waals surface area contributed by atoms with E-state index in [1.807, 2.05) is 27.0 Å². The van der Waals surface area contributed by atoms with E-state index in [4.69, 9.17) is 0 Å². The third kappa shape index (κ3) is 2.82. The lowest BCUT2D eigenvalue weighted by Crippen LogP contribution is -2.14. The summed E-state index contributed by atoms with van der Waals surface area (Å²) in [5.74, 6) is 0.535. The fourth-order valence-electron chi connectivity index (χ4n) is 3.42. The zero-order valence-electron chi connectivity index (χ0n) is 14.9. The molecule has 0 saturated carbocycles. The van der Waals surface area contributed by atoms with Gasteiger partial charge in [0.2, 0.25) is 0 Å². The van der Waals surface area contributed by atoms with Gasteiger partial charge in [-0.2, -0.15) is 5.10 Å². The molecule has 0 bridgehead atoms. The fourth-order valence-corrected chi connectivity index (χ4v) is 4.59. The number of nitrogens with zero attached hydrogens (tertiary/aromatic N) is 4. The molecule has 0 aliphatic heterocycles. The van der Waals surface area contributed by atoms with Gasteiger partial charge in [-0.25, -0.2) is 9.97 Å². The summed E-state index contributed by atoms with van der Waals surface area (Å²) in [4.78, 5) is 23.2. The van der Waals surface area contributed by atoms with E-state index in [1.54, 1.807) is 16.0 Å². The van der Waals surface area contributed by atoms with Crippen LogP contribution in [0.5, 0.6) is 0 Å². The Morgan fingerprint density at radius 2 is 2.12 bits per heavy atom. The normalized spacial score (nSPS) is 16.9. The molecule has 25 heavy (non-hydrogen) atoms. The lowest BCUT2D eigenvalue weighted by atomic mass is 9.93. The molecule has 1 atom stereocenters. The molecule has 3 aromatic heterocycles. The van der Waals surface area contributed by atoms with Gasteiger partial charge >= 0.3 is 0 Å². The summed E-state index contributed by atoms with van der Waals surface area (Å²) in [7, 11) is 1.86. The Morgan fingerprint density at radius 1 is 1.32 bits per heavy atom. The number of aromatic nitrogens is 4. The highest BCUT2D eigenvalue weighted by atomic mass is 32.1. The highest BCUT2D eigenvalue weighted by molar-refractivity contribution is 7.15. The van der Waals surface area contributed by atoms with Crippen molar-refractivity contribution in [2.24, 2.45) is 13.0 Å². The van der Waals surface area contributed by atoms with Crippen molar-refractivity contribution in [1.82, 2.24) is 19.7 Å². The van der Waals surface area contributed by atoms with Crippen molar-refractivity contribution in [1.29, 1.82) is 0 Å². The Balaban J connectivity index is 1.64. The molecule has 1 unspecified atom stereocenters. The van der Waals surface area contributed by atoms with Gasteiger partial charge in [-0.15, -0.1) is 11.3 Å². The first kappa shape index (κ1) is 16.2. The molecule has 0 fully saturated rings. The highest BCUT2D eigenvalue weighted by Gasteiger charge is 2.22. The molecule has 3 aromatic rings. The minimum absolute atomic E-state index is 0.158.